The molecule has 9 heteroatoms. The molecule has 1 aliphatic carbocycles. The number of hydrogen-bond donors (Lipinski definition) is 1. The maximum Gasteiger partial charge on any atom is 0.243 e. The van der Waals surface area contributed by atoms with Gasteiger partial charge in [0.25, 0.3) is 0 Å². The first-order valence-electron chi connectivity index (χ1n) is 7.62. The minimum atomic E-state index is -3.90. The Morgan fingerprint density at radius 3 is 2.54 bits per heavy atom. The fourth-order valence-corrected chi connectivity index (χ4v) is 5.20. The van der Waals surface area contributed by atoms with E-state index in [1.54, 1.807) is 13.0 Å². The van der Waals surface area contributed by atoms with E-state index in [0.29, 0.717) is 29.6 Å². The molecule has 0 atom stereocenters. The Labute approximate surface area is 150 Å². The van der Waals surface area contributed by atoms with Crippen LogP contribution in [-0.4, -0.2) is 18.6 Å². The Morgan fingerprint density at radius 1 is 1.21 bits per heavy atom. The molecule has 24 heavy (non-hydrogen) atoms. The van der Waals surface area contributed by atoms with Crippen molar-refractivity contribution in [2.75, 3.05) is 0 Å². The van der Waals surface area contributed by atoms with Crippen LogP contribution in [0.25, 0.3) is 0 Å². The van der Waals surface area contributed by atoms with Crippen molar-refractivity contribution in [1.29, 1.82) is 0 Å². The molecule has 1 fully saturated rings. The summed E-state index contributed by atoms with van der Waals surface area (Å²) < 4.78 is 33.7. The Morgan fingerprint density at radius 2 is 1.92 bits per heavy atom. The maximum atomic E-state index is 12.9. The number of hydrogen-bond acceptors (Lipinski definition) is 5. The SMILES string of the molecule is Cc1nc(C2(NS(=O)(=O)c3cc(Cl)ccc3Cl)CCCCC2)no1. The minimum Gasteiger partial charge on any atom is -0.340 e. The average Bonchev–Trinajstić information content (AvgIpc) is 2.97. The normalized spacial score (nSPS) is 17.8. The fourth-order valence-electron chi connectivity index (χ4n) is 3.02. The van der Waals surface area contributed by atoms with E-state index in [9.17, 15) is 8.42 Å². The molecule has 130 valence electrons. The van der Waals surface area contributed by atoms with E-state index in [2.05, 4.69) is 14.9 Å². The zero-order chi connectivity index (χ0) is 17.4. The molecule has 0 bridgehead atoms. The van der Waals surface area contributed by atoms with Crippen LogP contribution in [-0.2, 0) is 15.6 Å². The second kappa shape index (κ2) is 6.63. The largest absolute Gasteiger partial charge is 0.340 e. The van der Waals surface area contributed by atoms with Crippen molar-refractivity contribution in [2.24, 2.45) is 0 Å². The third-order valence-corrected chi connectivity index (χ3v) is 6.43. The van der Waals surface area contributed by atoms with Gasteiger partial charge in [-0.1, -0.05) is 47.6 Å². The second-order valence-electron chi connectivity index (χ2n) is 5.96. The molecule has 2 aromatic rings. The highest BCUT2D eigenvalue weighted by atomic mass is 35.5. The van der Waals surface area contributed by atoms with Crippen LogP contribution in [0.3, 0.4) is 0 Å². The van der Waals surface area contributed by atoms with Crippen LogP contribution < -0.4 is 4.72 Å². The number of halogens is 2. The number of aryl methyl sites for hydroxylation is 1. The number of aromatic nitrogens is 2. The van der Waals surface area contributed by atoms with Crippen LogP contribution in [0.4, 0.5) is 0 Å². The lowest BCUT2D eigenvalue weighted by atomic mass is 9.82. The molecule has 0 saturated heterocycles. The monoisotopic (exact) mass is 389 g/mol. The van der Waals surface area contributed by atoms with E-state index in [4.69, 9.17) is 27.7 Å². The molecular formula is C15H17Cl2N3O3S. The van der Waals surface area contributed by atoms with E-state index in [1.807, 2.05) is 0 Å². The Bertz CT molecular complexity index is 845. The molecule has 1 aromatic carbocycles. The van der Waals surface area contributed by atoms with Gasteiger partial charge in [-0.3, -0.25) is 0 Å². The van der Waals surface area contributed by atoms with Gasteiger partial charge in [-0.05, 0) is 31.0 Å². The summed E-state index contributed by atoms with van der Waals surface area (Å²) in [5, 5.41) is 4.37. The van der Waals surface area contributed by atoms with Crippen LogP contribution in [0, 0.1) is 6.92 Å². The summed E-state index contributed by atoms with van der Waals surface area (Å²) in [6.07, 6.45) is 3.99. The maximum absolute atomic E-state index is 12.9. The van der Waals surface area contributed by atoms with Gasteiger partial charge in [-0.2, -0.15) is 9.71 Å². The van der Waals surface area contributed by atoms with Gasteiger partial charge in [0.15, 0.2) is 5.82 Å². The van der Waals surface area contributed by atoms with Crippen LogP contribution in [0.5, 0.6) is 0 Å². The molecule has 0 amide bonds. The molecule has 1 heterocycles. The summed E-state index contributed by atoms with van der Waals surface area (Å²) in [6.45, 7) is 1.68. The van der Waals surface area contributed by atoms with Crippen molar-refractivity contribution in [3.8, 4) is 0 Å². The van der Waals surface area contributed by atoms with Gasteiger partial charge in [0.05, 0.1) is 10.6 Å². The first-order chi connectivity index (χ1) is 11.3. The quantitative estimate of drug-likeness (QED) is 0.858. The molecule has 0 spiro atoms. The lowest BCUT2D eigenvalue weighted by Gasteiger charge is -2.34. The summed E-state index contributed by atoms with van der Waals surface area (Å²) in [5.41, 5.74) is -0.888. The molecule has 1 N–H and O–H groups in total. The smallest absolute Gasteiger partial charge is 0.243 e. The Kier molecular flexibility index (Phi) is 4.88. The third-order valence-electron chi connectivity index (χ3n) is 4.18. The lowest BCUT2D eigenvalue weighted by Crippen LogP contribution is -2.48. The zero-order valence-corrected chi connectivity index (χ0v) is 15.4. The molecule has 1 aromatic heterocycles. The van der Waals surface area contributed by atoms with Gasteiger partial charge in [-0.15, -0.1) is 0 Å². The molecule has 0 aliphatic heterocycles. The van der Waals surface area contributed by atoms with Gasteiger partial charge >= 0.3 is 0 Å². The lowest BCUT2D eigenvalue weighted by molar-refractivity contribution is 0.248. The van der Waals surface area contributed by atoms with E-state index in [0.717, 1.165) is 19.3 Å². The molecule has 0 radical (unpaired) electrons. The standard InChI is InChI=1S/C15H17Cl2N3O3S/c1-10-18-14(19-23-10)15(7-3-2-4-8-15)20-24(21,22)13-9-11(16)5-6-12(13)17/h5-6,9,20H,2-4,7-8H2,1H3. The topological polar surface area (TPSA) is 85.1 Å². The van der Waals surface area contributed by atoms with Crippen molar-refractivity contribution in [1.82, 2.24) is 14.9 Å². The summed E-state index contributed by atoms with van der Waals surface area (Å²) in [6, 6.07) is 4.34. The van der Waals surface area contributed by atoms with E-state index in [-0.39, 0.29) is 9.92 Å². The molecule has 6 nitrogen and oxygen atoms in total. The van der Waals surface area contributed by atoms with Gasteiger partial charge in [0.1, 0.15) is 4.90 Å². The molecule has 1 saturated carbocycles. The van der Waals surface area contributed by atoms with Gasteiger partial charge in [-0.25, -0.2) is 8.42 Å². The summed E-state index contributed by atoms with van der Waals surface area (Å²) in [4.78, 5) is 4.21. The Hall–Kier alpha value is -1.15. The number of rotatable bonds is 4. The highest BCUT2D eigenvalue weighted by molar-refractivity contribution is 7.89. The number of nitrogens with zero attached hydrogens (tertiary/aromatic N) is 2. The highest BCUT2D eigenvalue weighted by Gasteiger charge is 2.42. The van der Waals surface area contributed by atoms with Gasteiger partial charge in [0.2, 0.25) is 15.9 Å². The summed E-state index contributed by atoms with van der Waals surface area (Å²) in [5.74, 6) is 0.761. The van der Waals surface area contributed by atoms with Crippen molar-refractivity contribution in [3.05, 3.63) is 40.0 Å². The van der Waals surface area contributed by atoms with E-state index >= 15 is 0 Å². The van der Waals surface area contributed by atoms with Crippen molar-refractivity contribution >= 4 is 33.2 Å². The van der Waals surface area contributed by atoms with Crippen LogP contribution in [0.15, 0.2) is 27.6 Å². The second-order valence-corrected chi connectivity index (χ2v) is 8.45. The summed E-state index contributed by atoms with van der Waals surface area (Å²) >= 11 is 12.0. The zero-order valence-electron chi connectivity index (χ0n) is 13.1. The number of sulfonamides is 1. The minimum absolute atomic E-state index is 0.0539. The van der Waals surface area contributed by atoms with Gasteiger partial charge < -0.3 is 4.52 Å². The molecular weight excluding hydrogens is 373 g/mol. The van der Waals surface area contributed by atoms with Crippen LogP contribution >= 0.6 is 23.2 Å². The first kappa shape index (κ1) is 17.7. The summed E-state index contributed by atoms with van der Waals surface area (Å²) in [7, 11) is -3.90. The molecule has 0 unspecified atom stereocenters. The highest BCUT2D eigenvalue weighted by Crippen LogP contribution is 2.38. The van der Waals surface area contributed by atoms with Crippen molar-refractivity contribution < 1.29 is 12.9 Å². The predicted molar refractivity (Wildman–Crippen MR) is 90.6 cm³/mol. The van der Waals surface area contributed by atoms with Crippen molar-refractivity contribution in [2.45, 2.75) is 49.5 Å². The Balaban J connectivity index is 2.02. The average molecular weight is 390 g/mol. The number of benzene rings is 1. The molecule has 1 aliphatic rings. The van der Waals surface area contributed by atoms with E-state index < -0.39 is 15.6 Å². The van der Waals surface area contributed by atoms with Gasteiger partial charge in [0, 0.05) is 11.9 Å². The fraction of sp³-hybridized carbons (Fsp3) is 0.467. The third kappa shape index (κ3) is 3.44. The van der Waals surface area contributed by atoms with E-state index in [1.165, 1.54) is 12.1 Å². The van der Waals surface area contributed by atoms with Crippen molar-refractivity contribution in [3.63, 3.8) is 0 Å². The first-order valence-corrected chi connectivity index (χ1v) is 9.86. The molecule has 3 rings (SSSR count). The van der Waals surface area contributed by atoms with Crippen LogP contribution in [0.1, 0.15) is 43.8 Å². The predicted octanol–water partition coefficient (Wildman–Crippen LogP) is 3.82. The van der Waals surface area contributed by atoms with Crippen LogP contribution in [0.2, 0.25) is 10.0 Å². The number of nitrogens with one attached hydrogen (secondary N) is 1.